The van der Waals surface area contributed by atoms with Gasteiger partial charge in [0.15, 0.2) is 0 Å². The highest BCUT2D eigenvalue weighted by atomic mass is 32.2. The fourth-order valence-electron chi connectivity index (χ4n) is 1.17. The molecular weight excluding hydrogens is 251 g/mol. The fourth-order valence-corrected chi connectivity index (χ4v) is 1.59. The summed E-state index contributed by atoms with van der Waals surface area (Å²) in [7, 11) is -1.06. The van der Waals surface area contributed by atoms with Gasteiger partial charge in [-0.25, -0.2) is 8.57 Å². The zero-order chi connectivity index (χ0) is 13.1. The van der Waals surface area contributed by atoms with Crippen LogP contribution >= 0.6 is 0 Å². The first-order chi connectivity index (χ1) is 7.85. The Morgan fingerprint density at radius 1 is 1.12 bits per heavy atom. The van der Waals surface area contributed by atoms with E-state index in [-0.39, 0.29) is 5.56 Å². The number of alkyl halides is 1. The summed E-state index contributed by atoms with van der Waals surface area (Å²) in [6.07, 6.45) is -1.31. The van der Waals surface area contributed by atoms with Crippen molar-refractivity contribution in [1.29, 1.82) is 0 Å². The molecule has 0 spiro atoms. The number of methoxy groups -OCH3 is 2. The van der Waals surface area contributed by atoms with Crippen LogP contribution in [0.2, 0.25) is 0 Å². The van der Waals surface area contributed by atoms with Crippen LogP contribution in [0.1, 0.15) is 11.9 Å². The van der Waals surface area contributed by atoms with Crippen LogP contribution in [0.3, 0.4) is 0 Å². The summed E-state index contributed by atoms with van der Waals surface area (Å²) in [4.78, 5) is 0. The molecule has 0 saturated carbocycles. The molecule has 96 valence electrons. The van der Waals surface area contributed by atoms with Crippen LogP contribution in [0.25, 0.3) is 0 Å². The summed E-state index contributed by atoms with van der Waals surface area (Å²) in [6.45, 7) is 0. The van der Waals surface area contributed by atoms with Crippen molar-refractivity contribution in [3.63, 3.8) is 0 Å². The molecule has 0 radical (unpaired) electrons. The molecule has 5 nitrogen and oxygen atoms in total. The molecule has 0 heterocycles. The first-order valence-electron chi connectivity index (χ1n) is 4.61. The Balaban J connectivity index is 3.04. The molecule has 7 heteroatoms. The smallest absolute Gasteiger partial charge is 0.267 e. The maximum absolute atomic E-state index is 13.6. The number of benzene rings is 1. The van der Waals surface area contributed by atoms with E-state index in [4.69, 9.17) is 9.47 Å². The minimum absolute atomic E-state index is 0.00613. The Morgan fingerprint density at radius 2 is 1.59 bits per heavy atom. The lowest BCUT2D eigenvalue weighted by Crippen LogP contribution is -2.06. The largest absolute Gasteiger partial charge is 0.497 e. The van der Waals surface area contributed by atoms with Crippen LogP contribution in [-0.4, -0.2) is 28.9 Å². The van der Waals surface area contributed by atoms with Gasteiger partial charge in [-0.05, 0) is 12.1 Å². The summed E-state index contributed by atoms with van der Waals surface area (Å²) in [6, 6.07) is 4.20. The predicted molar refractivity (Wildman–Crippen MR) is 59.3 cm³/mol. The summed E-state index contributed by atoms with van der Waals surface area (Å²) < 4.78 is 49.2. The van der Waals surface area contributed by atoms with Crippen molar-refractivity contribution >= 4 is 10.1 Å². The average molecular weight is 264 g/mol. The van der Waals surface area contributed by atoms with Crippen molar-refractivity contribution in [2.45, 2.75) is 6.36 Å². The molecule has 0 aliphatic carbocycles. The van der Waals surface area contributed by atoms with Crippen LogP contribution in [0.5, 0.6) is 11.5 Å². The highest BCUT2D eigenvalue weighted by Crippen LogP contribution is 2.29. The van der Waals surface area contributed by atoms with Gasteiger partial charge in [0, 0.05) is 11.6 Å². The van der Waals surface area contributed by atoms with Crippen molar-refractivity contribution in [3.8, 4) is 11.5 Å². The molecule has 0 N–H and O–H groups in total. The normalized spacial score (nSPS) is 13.2. The van der Waals surface area contributed by atoms with Gasteiger partial charge in [0.1, 0.15) is 11.5 Å². The van der Waals surface area contributed by atoms with Crippen molar-refractivity contribution in [1.82, 2.24) is 0 Å². The molecule has 0 aromatic heterocycles. The molecule has 1 aromatic rings. The Bertz CT molecular complexity index is 463. The van der Waals surface area contributed by atoms with Crippen LogP contribution in [0, 0.1) is 0 Å². The number of halogens is 1. The van der Waals surface area contributed by atoms with E-state index in [0.717, 1.165) is 6.26 Å². The van der Waals surface area contributed by atoms with E-state index in [9.17, 15) is 12.8 Å². The van der Waals surface area contributed by atoms with E-state index in [1.807, 2.05) is 0 Å². The molecule has 0 saturated heterocycles. The molecule has 1 atom stereocenters. The van der Waals surface area contributed by atoms with E-state index in [1.54, 1.807) is 0 Å². The van der Waals surface area contributed by atoms with E-state index < -0.39 is 16.5 Å². The third-order valence-corrected chi connectivity index (χ3v) is 2.41. The Kier molecular flexibility index (Phi) is 4.30. The molecular formula is C10H13FO5S. The molecule has 0 aliphatic rings. The lowest BCUT2D eigenvalue weighted by atomic mass is 10.2. The highest BCUT2D eigenvalue weighted by molar-refractivity contribution is 7.85. The van der Waals surface area contributed by atoms with Crippen LogP contribution < -0.4 is 9.47 Å². The molecule has 0 bridgehead atoms. The summed E-state index contributed by atoms with van der Waals surface area (Å²) in [5.74, 6) is 0.693. The quantitative estimate of drug-likeness (QED) is 0.757. The van der Waals surface area contributed by atoms with Gasteiger partial charge in [-0.15, -0.1) is 0 Å². The molecule has 1 aromatic carbocycles. The number of ether oxygens (including phenoxy) is 2. The second-order valence-corrected chi connectivity index (χ2v) is 4.86. The van der Waals surface area contributed by atoms with Gasteiger partial charge in [-0.3, -0.25) is 0 Å². The summed E-state index contributed by atoms with van der Waals surface area (Å²) >= 11 is 0. The molecule has 17 heavy (non-hydrogen) atoms. The average Bonchev–Trinajstić information content (AvgIpc) is 2.26. The standard InChI is InChI=1S/C10H13FO5S/c1-14-8-4-7(5-9(6-8)15-2)10(11)16-17(3,12)13/h4-6,10H,1-3H3. The summed E-state index contributed by atoms with van der Waals surface area (Å²) in [5.41, 5.74) is 0.00613. The second kappa shape index (κ2) is 5.33. The lowest BCUT2D eigenvalue weighted by Gasteiger charge is -2.11. The Labute approximate surface area is 99.2 Å². The second-order valence-electron chi connectivity index (χ2n) is 3.26. The molecule has 0 fully saturated rings. The third kappa shape index (κ3) is 4.20. The van der Waals surface area contributed by atoms with Gasteiger partial charge in [0.2, 0.25) is 6.36 Å². The van der Waals surface area contributed by atoms with Gasteiger partial charge in [0.25, 0.3) is 10.1 Å². The van der Waals surface area contributed by atoms with Gasteiger partial charge in [-0.2, -0.15) is 8.42 Å². The lowest BCUT2D eigenvalue weighted by molar-refractivity contribution is 0.0751. The van der Waals surface area contributed by atoms with E-state index >= 15 is 0 Å². The highest BCUT2D eigenvalue weighted by Gasteiger charge is 2.18. The van der Waals surface area contributed by atoms with Crippen molar-refractivity contribution in [2.75, 3.05) is 20.5 Å². The van der Waals surface area contributed by atoms with E-state index in [1.165, 1.54) is 32.4 Å². The zero-order valence-electron chi connectivity index (χ0n) is 9.64. The maximum Gasteiger partial charge on any atom is 0.267 e. The third-order valence-electron chi connectivity index (χ3n) is 1.90. The SMILES string of the molecule is COc1cc(OC)cc(C(F)OS(C)(=O)=O)c1. The van der Waals surface area contributed by atoms with Crippen LogP contribution in [0.15, 0.2) is 18.2 Å². The zero-order valence-corrected chi connectivity index (χ0v) is 10.5. The maximum atomic E-state index is 13.6. The molecule has 1 rings (SSSR count). The van der Waals surface area contributed by atoms with E-state index in [2.05, 4.69) is 4.18 Å². The Morgan fingerprint density at radius 3 is 1.94 bits per heavy atom. The molecule has 0 amide bonds. The minimum atomic E-state index is -3.87. The van der Waals surface area contributed by atoms with Gasteiger partial charge >= 0.3 is 0 Å². The monoisotopic (exact) mass is 264 g/mol. The van der Waals surface area contributed by atoms with Crippen LogP contribution in [-0.2, 0) is 14.3 Å². The van der Waals surface area contributed by atoms with Gasteiger partial charge in [-0.1, -0.05) is 0 Å². The first-order valence-corrected chi connectivity index (χ1v) is 6.42. The Hall–Kier alpha value is -1.34. The molecule has 0 aliphatic heterocycles. The number of rotatable bonds is 5. The van der Waals surface area contributed by atoms with Crippen LogP contribution in [0.4, 0.5) is 4.39 Å². The topological polar surface area (TPSA) is 61.8 Å². The number of hydrogen-bond donors (Lipinski definition) is 0. The molecule has 1 unspecified atom stereocenters. The number of hydrogen-bond acceptors (Lipinski definition) is 5. The fraction of sp³-hybridized carbons (Fsp3) is 0.400. The predicted octanol–water partition coefficient (Wildman–Crippen LogP) is 1.65. The van der Waals surface area contributed by atoms with Gasteiger partial charge < -0.3 is 9.47 Å². The summed E-state index contributed by atoms with van der Waals surface area (Å²) in [5, 5.41) is 0. The minimum Gasteiger partial charge on any atom is -0.497 e. The van der Waals surface area contributed by atoms with Crippen molar-refractivity contribution in [3.05, 3.63) is 23.8 Å². The van der Waals surface area contributed by atoms with Crippen molar-refractivity contribution < 1.29 is 26.5 Å². The van der Waals surface area contributed by atoms with E-state index in [0.29, 0.717) is 11.5 Å². The van der Waals surface area contributed by atoms with Crippen molar-refractivity contribution in [2.24, 2.45) is 0 Å². The first kappa shape index (κ1) is 13.7. The van der Waals surface area contributed by atoms with Gasteiger partial charge in [0.05, 0.1) is 20.5 Å².